The van der Waals surface area contributed by atoms with Gasteiger partial charge >= 0.3 is 5.97 Å². The van der Waals surface area contributed by atoms with Gasteiger partial charge < -0.3 is 10.1 Å². The van der Waals surface area contributed by atoms with Crippen LogP contribution in [0.25, 0.3) is 0 Å². The van der Waals surface area contributed by atoms with Crippen molar-refractivity contribution in [2.24, 2.45) is 5.41 Å². The summed E-state index contributed by atoms with van der Waals surface area (Å²) in [6, 6.07) is 6.55. The summed E-state index contributed by atoms with van der Waals surface area (Å²) in [7, 11) is 0. The molecule has 0 aliphatic heterocycles. The molecule has 104 valence electrons. The number of hydrogen-bond acceptors (Lipinski definition) is 3. The quantitative estimate of drug-likeness (QED) is 0.667. The van der Waals surface area contributed by atoms with Crippen LogP contribution in [0.5, 0.6) is 0 Å². The number of rotatable bonds is 5. The number of halogens is 1. The second-order valence-electron chi connectivity index (χ2n) is 4.77. The van der Waals surface area contributed by atoms with Crippen LogP contribution in [0.2, 0.25) is 0 Å². The first-order chi connectivity index (χ1) is 8.90. The van der Waals surface area contributed by atoms with Crippen molar-refractivity contribution < 1.29 is 14.3 Å². The topological polar surface area (TPSA) is 55.4 Å². The molecule has 0 aliphatic carbocycles. The van der Waals surface area contributed by atoms with Gasteiger partial charge in [0.05, 0.1) is 17.6 Å². The van der Waals surface area contributed by atoms with Crippen LogP contribution in [0.4, 0.5) is 5.69 Å². The highest BCUT2D eigenvalue weighted by Gasteiger charge is 2.26. The number of anilines is 1. The summed E-state index contributed by atoms with van der Waals surface area (Å²) in [6.45, 7) is 5.62. The van der Waals surface area contributed by atoms with Crippen LogP contribution in [0.3, 0.4) is 0 Å². The Balaban J connectivity index is 2.72. The Kier molecular flexibility index (Phi) is 5.36. The van der Waals surface area contributed by atoms with E-state index in [0.29, 0.717) is 17.9 Å². The zero-order chi connectivity index (χ0) is 14.5. The van der Waals surface area contributed by atoms with Crippen molar-refractivity contribution in [2.75, 3.05) is 17.8 Å². The first-order valence-electron chi connectivity index (χ1n) is 6.05. The maximum Gasteiger partial charge on any atom is 0.338 e. The molecular weight excluding hydrogens is 266 g/mol. The van der Waals surface area contributed by atoms with Gasteiger partial charge in [-0.1, -0.05) is 0 Å². The molecule has 4 nitrogen and oxygen atoms in total. The van der Waals surface area contributed by atoms with E-state index in [4.69, 9.17) is 16.3 Å². The molecule has 1 N–H and O–H groups in total. The van der Waals surface area contributed by atoms with E-state index in [1.807, 2.05) is 0 Å². The van der Waals surface area contributed by atoms with E-state index in [9.17, 15) is 9.59 Å². The van der Waals surface area contributed by atoms with Crippen molar-refractivity contribution in [1.82, 2.24) is 0 Å². The lowest BCUT2D eigenvalue weighted by Crippen LogP contribution is -2.32. The molecule has 0 unspecified atom stereocenters. The van der Waals surface area contributed by atoms with Gasteiger partial charge in [0.1, 0.15) is 0 Å². The largest absolute Gasteiger partial charge is 0.462 e. The Bertz CT molecular complexity index is 454. The van der Waals surface area contributed by atoms with Crippen LogP contribution >= 0.6 is 11.6 Å². The smallest absolute Gasteiger partial charge is 0.338 e. The van der Waals surface area contributed by atoms with E-state index in [-0.39, 0.29) is 17.8 Å². The minimum absolute atomic E-state index is 0.161. The molecule has 0 heterocycles. The molecule has 0 saturated heterocycles. The average molecular weight is 284 g/mol. The van der Waals surface area contributed by atoms with Crippen LogP contribution in [0.15, 0.2) is 24.3 Å². The summed E-state index contributed by atoms with van der Waals surface area (Å²) in [6.07, 6.45) is 0. The monoisotopic (exact) mass is 283 g/mol. The molecule has 0 fully saturated rings. The molecular formula is C14H18ClNO3. The van der Waals surface area contributed by atoms with Crippen LogP contribution in [-0.4, -0.2) is 24.4 Å². The van der Waals surface area contributed by atoms with E-state index in [0.717, 1.165) is 0 Å². The lowest BCUT2D eigenvalue weighted by atomic mass is 9.95. The molecule has 0 radical (unpaired) electrons. The third kappa shape index (κ3) is 4.24. The number of amides is 1. The second kappa shape index (κ2) is 6.57. The molecule has 1 aromatic rings. The second-order valence-corrected chi connectivity index (χ2v) is 5.04. The highest BCUT2D eigenvalue weighted by molar-refractivity contribution is 6.20. The lowest BCUT2D eigenvalue weighted by Gasteiger charge is -2.20. The van der Waals surface area contributed by atoms with Gasteiger partial charge in [-0.2, -0.15) is 0 Å². The van der Waals surface area contributed by atoms with Crippen molar-refractivity contribution in [3.63, 3.8) is 0 Å². The van der Waals surface area contributed by atoms with E-state index in [2.05, 4.69) is 5.32 Å². The first kappa shape index (κ1) is 15.5. The molecule has 0 aliphatic rings. The number of alkyl halides is 1. The zero-order valence-electron chi connectivity index (χ0n) is 11.3. The predicted octanol–water partition coefficient (Wildman–Crippen LogP) is 3.07. The predicted molar refractivity (Wildman–Crippen MR) is 75.5 cm³/mol. The average Bonchev–Trinajstić information content (AvgIpc) is 2.39. The number of carbonyl (C=O) groups is 2. The van der Waals surface area contributed by atoms with Gasteiger partial charge in [-0.25, -0.2) is 4.79 Å². The van der Waals surface area contributed by atoms with Gasteiger partial charge in [0.25, 0.3) is 0 Å². The zero-order valence-corrected chi connectivity index (χ0v) is 12.1. The third-order valence-corrected chi connectivity index (χ3v) is 3.27. The maximum atomic E-state index is 11.9. The normalized spacial score (nSPS) is 10.9. The SMILES string of the molecule is CCOC(=O)c1ccc(NC(=O)C(C)(C)CCl)cc1. The number of esters is 1. The van der Waals surface area contributed by atoms with Crippen LogP contribution < -0.4 is 5.32 Å². The molecule has 19 heavy (non-hydrogen) atoms. The molecule has 0 saturated carbocycles. The molecule has 0 atom stereocenters. The fraction of sp³-hybridized carbons (Fsp3) is 0.429. The van der Waals surface area contributed by atoms with E-state index >= 15 is 0 Å². The number of hydrogen-bond donors (Lipinski definition) is 1. The minimum Gasteiger partial charge on any atom is -0.462 e. The Morgan fingerprint density at radius 1 is 1.26 bits per heavy atom. The van der Waals surface area contributed by atoms with Gasteiger partial charge in [0.15, 0.2) is 0 Å². The van der Waals surface area contributed by atoms with Crippen molar-refractivity contribution in [2.45, 2.75) is 20.8 Å². The summed E-state index contributed by atoms with van der Waals surface area (Å²) in [5.74, 6) is -0.299. The van der Waals surface area contributed by atoms with Crippen molar-refractivity contribution >= 4 is 29.2 Å². The summed E-state index contributed by atoms with van der Waals surface area (Å²) in [5.41, 5.74) is 0.439. The van der Waals surface area contributed by atoms with Gasteiger partial charge in [0.2, 0.25) is 5.91 Å². The van der Waals surface area contributed by atoms with Crippen molar-refractivity contribution in [3.8, 4) is 0 Å². The summed E-state index contributed by atoms with van der Waals surface area (Å²) in [4.78, 5) is 23.4. The number of nitrogens with one attached hydrogen (secondary N) is 1. The Morgan fingerprint density at radius 3 is 2.32 bits per heavy atom. The van der Waals surface area contributed by atoms with Crippen LogP contribution in [0.1, 0.15) is 31.1 Å². The van der Waals surface area contributed by atoms with Crippen molar-refractivity contribution in [3.05, 3.63) is 29.8 Å². The van der Waals surface area contributed by atoms with E-state index in [1.165, 1.54) is 0 Å². The summed E-state index contributed by atoms with van der Waals surface area (Å²) >= 11 is 5.73. The van der Waals surface area contributed by atoms with Crippen LogP contribution in [0, 0.1) is 5.41 Å². The van der Waals surface area contributed by atoms with Gasteiger partial charge in [-0.3, -0.25) is 4.79 Å². The van der Waals surface area contributed by atoms with Crippen molar-refractivity contribution in [1.29, 1.82) is 0 Å². The fourth-order valence-electron chi connectivity index (χ4n) is 1.27. The fourth-order valence-corrected chi connectivity index (χ4v) is 1.39. The number of ether oxygens (including phenoxy) is 1. The van der Waals surface area contributed by atoms with Gasteiger partial charge in [0, 0.05) is 11.6 Å². The molecule has 1 rings (SSSR count). The van der Waals surface area contributed by atoms with E-state index in [1.54, 1.807) is 45.0 Å². The van der Waals surface area contributed by atoms with Gasteiger partial charge in [-0.15, -0.1) is 11.6 Å². The maximum absolute atomic E-state index is 11.9. The molecule has 1 amide bonds. The highest BCUT2D eigenvalue weighted by Crippen LogP contribution is 2.20. The number of carbonyl (C=O) groups excluding carboxylic acids is 2. The standard InChI is InChI=1S/C14H18ClNO3/c1-4-19-12(17)10-5-7-11(8-6-10)16-13(18)14(2,3)9-15/h5-8H,4,9H2,1-3H3,(H,16,18). The summed E-state index contributed by atoms with van der Waals surface area (Å²) in [5, 5.41) is 2.76. The first-order valence-corrected chi connectivity index (χ1v) is 6.58. The Labute approximate surface area is 118 Å². The summed E-state index contributed by atoms with van der Waals surface area (Å²) < 4.78 is 4.88. The lowest BCUT2D eigenvalue weighted by molar-refractivity contribution is -0.122. The molecule has 0 aromatic heterocycles. The molecule has 1 aromatic carbocycles. The van der Waals surface area contributed by atoms with Gasteiger partial charge in [-0.05, 0) is 45.0 Å². The number of benzene rings is 1. The Morgan fingerprint density at radius 2 is 1.84 bits per heavy atom. The molecule has 0 spiro atoms. The third-order valence-electron chi connectivity index (χ3n) is 2.60. The van der Waals surface area contributed by atoms with E-state index < -0.39 is 5.41 Å². The van der Waals surface area contributed by atoms with Crippen LogP contribution in [-0.2, 0) is 9.53 Å². The Hall–Kier alpha value is -1.55. The molecule has 0 bridgehead atoms. The minimum atomic E-state index is -0.638. The molecule has 5 heteroatoms. The highest BCUT2D eigenvalue weighted by atomic mass is 35.5.